The Hall–Kier alpha value is -1.74. The molecule has 29 heavy (non-hydrogen) atoms. The Morgan fingerprint density at radius 1 is 0.828 bits per heavy atom. The summed E-state index contributed by atoms with van der Waals surface area (Å²) >= 11 is 0. The predicted molar refractivity (Wildman–Crippen MR) is 119 cm³/mol. The third-order valence-electron chi connectivity index (χ3n) is 5.09. The normalized spacial score (nSPS) is 11.4. The molecule has 1 aromatic heterocycles. The summed E-state index contributed by atoms with van der Waals surface area (Å²) in [6.07, 6.45) is 0. The van der Waals surface area contributed by atoms with E-state index in [0.29, 0.717) is 11.8 Å². The van der Waals surface area contributed by atoms with Crippen molar-refractivity contribution in [1.29, 1.82) is 0 Å². The first-order valence-corrected chi connectivity index (χ1v) is 10.1. The first-order chi connectivity index (χ1) is 13.3. The van der Waals surface area contributed by atoms with E-state index in [9.17, 15) is 0 Å². The molecule has 3 heteroatoms. The van der Waals surface area contributed by atoms with Crippen LogP contribution in [-0.4, -0.2) is 4.98 Å². The fraction of sp³-hybridized carbons (Fsp3) is 0.346. The van der Waals surface area contributed by atoms with Crippen molar-refractivity contribution in [3.05, 3.63) is 88.9 Å². The van der Waals surface area contributed by atoms with Crippen LogP contribution in [0.5, 0.6) is 0 Å². The zero-order valence-corrected chi connectivity index (χ0v) is 21.9. The van der Waals surface area contributed by atoms with Gasteiger partial charge in [-0.2, -0.15) is 0 Å². The number of pyridine rings is 1. The van der Waals surface area contributed by atoms with Gasteiger partial charge in [0.1, 0.15) is 0 Å². The van der Waals surface area contributed by atoms with Gasteiger partial charge < -0.3 is 10.3 Å². The number of hydrogen-bond donors (Lipinski definition) is 0. The molecule has 0 N–H and O–H groups in total. The summed E-state index contributed by atoms with van der Waals surface area (Å²) in [6.45, 7) is 13.2. The number of nitrogens with zero attached hydrogens (tertiary/aromatic N) is 2. The molecule has 3 aromatic rings. The molecule has 0 aliphatic heterocycles. The van der Waals surface area contributed by atoms with E-state index in [-0.39, 0.29) is 25.8 Å². The average Bonchev–Trinajstić information content (AvgIpc) is 2.68. The van der Waals surface area contributed by atoms with E-state index in [1.165, 1.54) is 11.1 Å². The van der Waals surface area contributed by atoms with Crippen LogP contribution in [0.1, 0.15) is 70.2 Å². The summed E-state index contributed by atoms with van der Waals surface area (Å²) in [7, 11) is 0. The second-order valence-electron chi connectivity index (χ2n) is 8.45. The molecule has 150 valence electrons. The maximum absolute atomic E-state index is 5.27. The van der Waals surface area contributed by atoms with Gasteiger partial charge in [0.15, 0.2) is 0 Å². The van der Waals surface area contributed by atoms with Gasteiger partial charge in [-0.05, 0) is 23.6 Å². The summed E-state index contributed by atoms with van der Waals surface area (Å²) < 4.78 is 0. The van der Waals surface area contributed by atoms with E-state index in [0.717, 1.165) is 22.6 Å². The van der Waals surface area contributed by atoms with Crippen molar-refractivity contribution >= 4 is 5.69 Å². The minimum absolute atomic E-state index is 0. The molecule has 0 aliphatic carbocycles. The summed E-state index contributed by atoms with van der Waals surface area (Å²) in [5.74, 6) is 0.845. The van der Waals surface area contributed by atoms with Gasteiger partial charge in [-0.3, -0.25) is 0 Å². The summed E-state index contributed by atoms with van der Waals surface area (Å²) in [5, 5.41) is 5.27. The van der Waals surface area contributed by atoms with Gasteiger partial charge >= 0.3 is 0 Å². The molecule has 0 spiro atoms. The number of hydrogen-bond acceptors (Lipinski definition) is 1. The van der Waals surface area contributed by atoms with Gasteiger partial charge in [0, 0.05) is 31.5 Å². The van der Waals surface area contributed by atoms with Gasteiger partial charge in [0.05, 0.1) is 0 Å². The zero-order chi connectivity index (χ0) is 20.3. The van der Waals surface area contributed by atoms with Crippen LogP contribution >= 0.6 is 0 Å². The molecule has 0 amide bonds. The van der Waals surface area contributed by atoms with E-state index < -0.39 is 5.54 Å². The van der Waals surface area contributed by atoms with E-state index in [1.807, 2.05) is 30.3 Å². The molecule has 0 aliphatic rings. The number of para-hydroxylation sites is 1. The molecule has 0 saturated carbocycles. The van der Waals surface area contributed by atoms with Crippen LogP contribution in [0.4, 0.5) is 5.69 Å². The number of aromatic nitrogens is 1. The largest absolute Gasteiger partial charge is 0.674 e. The number of rotatable bonds is 6. The molecular weight excluding hydrogens is 519 g/mol. The summed E-state index contributed by atoms with van der Waals surface area (Å²) in [4.78, 5) is 4.93. The fourth-order valence-electron chi connectivity index (χ4n) is 3.46. The zero-order valence-electron chi connectivity index (χ0n) is 18.3. The molecule has 0 fully saturated rings. The number of benzene rings is 2. The standard InChI is InChI=1S/C26H30N2.Hf/c1-18(2)21-14-10-15-22(19(3)4)25(21)28-26(5,6)24-17-11-16-23(27-24)20-12-8-7-9-13-20;/h7-12,14-19H,1-6H3;/q-2;. The SMILES string of the molecule is CC(C)c1cccc(C(C)C)c1[N-]C(C)(C)c1cccc(-c2[c-]cccc2)n1.[Hf]. The van der Waals surface area contributed by atoms with Crippen molar-refractivity contribution in [1.82, 2.24) is 4.98 Å². The van der Waals surface area contributed by atoms with Gasteiger partial charge in [0.2, 0.25) is 0 Å². The Bertz CT molecular complexity index is 904. The second kappa shape index (κ2) is 9.84. The molecule has 2 aromatic carbocycles. The van der Waals surface area contributed by atoms with Gasteiger partial charge in [0.25, 0.3) is 0 Å². The Morgan fingerprint density at radius 3 is 2.00 bits per heavy atom. The van der Waals surface area contributed by atoms with Crippen molar-refractivity contribution in [2.45, 2.75) is 58.9 Å². The minimum Gasteiger partial charge on any atom is -0.674 e. The molecule has 0 atom stereocenters. The molecule has 3 rings (SSSR count). The van der Waals surface area contributed by atoms with Gasteiger partial charge in [-0.15, -0.1) is 41.6 Å². The summed E-state index contributed by atoms with van der Waals surface area (Å²) in [5.41, 5.74) is 6.19. The summed E-state index contributed by atoms with van der Waals surface area (Å²) in [6, 6.07) is 24.0. The molecule has 1 heterocycles. The van der Waals surface area contributed by atoms with Crippen molar-refractivity contribution < 1.29 is 25.8 Å². The molecular formula is C26H30HfN2-2. The van der Waals surface area contributed by atoms with Gasteiger partial charge in [-0.25, -0.2) is 0 Å². The van der Waals surface area contributed by atoms with Crippen LogP contribution < -0.4 is 0 Å². The Labute approximate surface area is 195 Å². The molecule has 0 saturated heterocycles. The third-order valence-corrected chi connectivity index (χ3v) is 5.09. The van der Waals surface area contributed by atoms with Crippen molar-refractivity contribution in [3.8, 4) is 11.3 Å². The quantitative estimate of drug-likeness (QED) is 0.229. The van der Waals surface area contributed by atoms with Crippen molar-refractivity contribution in [3.63, 3.8) is 0 Å². The van der Waals surface area contributed by atoms with Crippen LogP contribution in [0, 0.1) is 6.07 Å². The first-order valence-electron chi connectivity index (χ1n) is 10.1. The van der Waals surface area contributed by atoms with E-state index in [1.54, 1.807) is 0 Å². The first kappa shape index (κ1) is 23.5. The topological polar surface area (TPSA) is 27.0 Å². The fourth-order valence-corrected chi connectivity index (χ4v) is 3.46. The van der Waals surface area contributed by atoms with E-state index >= 15 is 0 Å². The van der Waals surface area contributed by atoms with Crippen LogP contribution in [0.15, 0.2) is 60.7 Å². The second-order valence-corrected chi connectivity index (χ2v) is 8.45. The maximum atomic E-state index is 5.27. The monoisotopic (exact) mass is 550 g/mol. The Morgan fingerprint density at radius 2 is 1.45 bits per heavy atom. The van der Waals surface area contributed by atoms with Crippen molar-refractivity contribution in [2.24, 2.45) is 0 Å². The van der Waals surface area contributed by atoms with Gasteiger partial charge in [-0.1, -0.05) is 88.5 Å². The van der Waals surface area contributed by atoms with E-state index in [4.69, 9.17) is 10.3 Å². The predicted octanol–water partition coefficient (Wildman–Crippen LogP) is 7.73. The van der Waals surface area contributed by atoms with Crippen LogP contribution in [0.3, 0.4) is 0 Å². The van der Waals surface area contributed by atoms with Crippen LogP contribution in [-0.2, 0) is 31.4 Å². The maximum Gasteiger partial charge on any atom is 0.0178 e. The Kier molecular flexibility index (Phi) is 7.99. The molecule has 0 bridgehead atoms. The van der Waals surface area contributed by atoms with E-state index in [2.05, 4.69) is 77.9 Å². The van der Waals surface area contributed by atoms with Crippen molar-refractivity contribution in [2.75, 3.05) is 0 Å². The van der Waals surface area contributed by atoms with Crippen LogP contribution in [0.2, 0.25) is 0 Å². The molecule has 0 radical (unpaired) electrons. The molecule has 2 nitrogen and oxygen atoms in total. The van der Waals surface area contributed by atoms with Crippen LogP contribution in [0.25, 0.3) is 16.6 Å². The average molecular weight is 549 g/mol. The molecule has 0 unspecified atom stereocenters. The smallest absolute Gasteiger partial charge is 0.0178 e. The minimum atomic E-state index is -0.431. The Balaban J connectivity index is 0.00000300. The third kappa shape index (κ3) is 5.45.